The highest BCUT2D eigenvalue weighted by atomic mass is 32.1. The number of carbonyl (C=O) groups is 2. The molecule has 4 aromatic heterocycles. The maximum absolute atomic E-state index is 13.6. The SMILES string of the molecule is CCn1nc(C)c(C(=O)Nc2c(C(N)=O)sc3nc(C(F)F)cc(-c4ccc(C)s4)c23)c1C. The summed E-state index contributed by atoms with van der Waals surface area (Å²) < 4.78 is 28.9. The van der Waals surface area contributed by atoms with Crippen LogP contribution in [-0.2, 0) is 6.54 Å². The lowest BCUT2D eigenvalue weighted by molar-refractivity contribution is 0.100. The molecule has 0 aliphatic heterocycles. The first-order valence-corrected chi connectivity index (χ1v) is 11.7. The number of amides is 2. The summed E-state index contributed by atoms with van der Waals surface area (Å²) in [7, 11) is 0. The number of hydrogen-bond acceptors (Lipinski definition) is 6. The molecule has 0 saturated carbocycles. The summed E-state index contributed by atoms with van der Waals surface area (Å²) in [5, 5.41) is 7.59. The van der Waals surface area contributed by atoms with Gasteiger partial charge in [-0.25, -0.2) is 13.8 Å². The first kappa shape index (κ1) is 23.0. The fraction of sp³-hybridized carbons (Fsp3) is 0.273. The van der Waals surface area contributed by atoms with Crippen LogP contribution >= 0.6 is 22.7 Å². The van der Waals surface area contributed by atoms with Crippen LogP contribution in [0.15, 0.2) is 18.2 Å². The molecular weight excluding hydrogens is 468 g/mol. The molecule has 4 rings (SSSR count). The van der Waals surface area contributed by atoms with Crippen molar-refractivity contribution in [2.45, 2.75) is 40.7 Å². The molecule has 172 valence electrons. The average Bonchev–Trinajstić information content (AvgIpc) is 3.42. The molecular formula is C22H21F2N5O2S2. The first-order chi connectivity index (χ1) is 15.6. The molecule has 0 radical (unpaired) electrons. The summed E-state index contributed by atoms with van der Waals surface area (Å²) >= 11 is 2.30. The number of pyridine rings is 1. The Bertz CT molecular complexity index is 1400. The minimum Gasteiger partial charge on any atom is -0.365 e. The van der Waals surface area contributed by atoms with E-state index < -0.39 is 23.9 Å². The first-order valence-electron chi connectivity index (χ1n) is 10.1. The lowest BCUT2D eigenvalue weighted by Gasteiger charge is -2.10. The van der Waals surface area contributed by atoms with E-state index in [0.29, 0.717) is 34.4 Å². The van der Waals surface area contributed by atoms with E-state index in [9.17, 15) is 18.4 Å². The van der Waals surface area contributed by atoms with Gasteiger partial charge in [0.25, 0.3) is 18.2 Å². The lowest BCUT2D eigenvalue weighted by atomic mass is 10.1. The molecule has 7 nitrogen and oxygen atoms in total. The number of nitrogens with two attached hydrogens (primary N) is 1. The van der Waals surface area contributed by atoms with Crippen LogP contribution < -0.4 is 11.1 Å². The molecule has 11 heteroatoms. The summed E-state index contributed by atoms with van der Waals surface area (Å²) in [6.07, 6.45) is -2.79. The molecule has 0 spiro atoms. The number of nitrogens with one attached hydrogen (secondary N) is 1. The third-order valence-electron chi connectivity index (χ3n) is 5.28. The Morgan fingerprint density at radius 3 is 2.48 bits per heavy atom. The predicted octanol–water partition coefficient (Wildman–Crippen LogP) is 5.46. The Morgan fingerprint density at radius 1 is 1.21 bits per heavy atom. The number of aryl methyl sites for hydroxylation is 3. The van der Waals surface area contributed by atoms with Gasteiger partial charge in [0.15, 0.2) is 0 Å². The second kappa shape index (κ2) is 8.64. The monoisotopic (exact) mass is 489 g/mol. The summed E-state index contributed by atoms with van der Waals surface area (Å²) in [6, 6.07) is 4.99. The Hall–Kier alpha value is -3.18. The van der Waals surface area contributed by atoms with Crippen molar-refractivity contribution in [3.8, 4) is 10.4 Å². The highest BCUT2D eigenvalue weighted by Crippen LogP contribution is 2.44. The van der Waals surface area contributed by atoms with Crippen LogP contribution in [0.4, 0.5) is 14.5 Å². The highest BCUT2D eigenvalue weighted by molar-refractivity contribution is 7.21. The maximum atomic E-state index is 13.6. The largest absolute Gasteiger partial charge is 0.365 e. The summed E-state index contributed by atoms with van der Waals surface area (Å²) in [4.78, 5) is 31.6. The molecule has 0 atom stereocenters. The topological polar surface area (TPSA) is 103 Å². The Balaban J connectivity index is 1.95. The van der Waals surface area contributed by atoms with Crippen molar-refractivity contribution < 1.29 is 18.4 Å². The fourth-order valence-corrected chi connectivity index (χ4v) is 5.71. The molecule has 2 amide bonds. The van der Waals surface area contributed by atoms with Crippen molar-refractivity contribution in [2.75, 3.05) is 5.32 Å². The molecule has 0 unspecified atom stereocenters. The Morgan fingerprint density at radius 2 is 1.94 bits per heavy atom. The molecule has 0 fully saturated rings. The average molecular weight is 490 g/mol. The third kappa shape index (κ3) is 4.02. The Kier molecular flexibility index (Phi) is 6.02. The summed E-state index contributed by atoms with van der Waals surface area (Å²) in [5.41, 5.74) is 7.43. The zero-order valence-electron chi connectivity index (χ0n) is 18.3. The van der Waals surface area contributed by atoms with Crippen LogP contribution in [0.25, 0.3) is 20.7 Å². The normalized spacial score (nSPS) is 11.5. The highest BCUT2D eigenvalue weighted by Gasteiger charge is 2.27. The van der Waals surface area contributed by atoms with Crippen LogP contribution in [0, 0.1) is 20.8 Å². The van der Waals surface area contributed by atoms with Gasteiger partial charge < -0.3 is 11.1 Å². The number of anilines is 1. The zero-order chi connectivity index (χ0) is 24.0. The number of nitrogens with zero attached hydrogens (tertiary/aromatic N) is 3. The molecule has 0 aliphatic carbocycles. The van der Waals surface area contributed by atoms with Crippen molar-refractivity contribution in [3.63, 3.8) is 0 Å². The van der Waals surface area contributed by atoms with E-state index in [1.165, 1.54) is 17.4 Å². The number of aromatic nitrogens is 3. The van der Waals surface area contributed by atoms with Crippen molar-refractivity contribution in [1.29, 1.82) is 0 Å². The number of primary amides is 1. The predicted molar refractivity (Wildman–Crippen MR) is 126 cm³/mol. The fourth-order valence-electron chi connectivity index (χ4n) is 3.80. The van der Waals surface area contributed by atoms with Crippen LogP contribution in [0.1, 0.15) is 55.3 Å². The molecule has 0 bridgehead atoms. The van der Waals surface area contributed by atoms with Gasteiger partial charge >= 0.3 is 0 Å². The van der Waals surface area contributed by atoms with E-state index in [4.69, 9.17) is 5.73 Å². The van der Waals surface area contributed by atoms with Crippen molar-refractivity contribution in [1.82, 2.24) is 14.8 Å². The van der Waals surface area contributed by atoms with Crippen molar-refractivity contribution in [2.24, 2.45) is 5.73 Å². The number of alkyl halides is 2. The lowest BCUT2D eigenvalue weighted by Crippen LogP contribution is -2.18. The number of hydrogen-bond donors (Lipinski definition) is 2. The number of fused-ring (bicyclic) bond motifs is 1. The number of rotatable bonds is 6. The van der Waals surface area contributed by atoms with E-state index in [2.05, 4.69) is 15.4 Å². The molecule has 3 N–H and O–H groups in total. The van der Waals surface area contributed by atoms with Gasteiger partial charge in [0.2, 0.25) is 0 Å². The van der Waals surface area contributed by atoms with Crippen LogP contribution in [-0.4, -0.2) is 26.6 Å². The summed E-state index contributed by atoms with van der Waals surface area (Å²) in [6.45, 7) is 7.93. The maximum Gasteiger partial charge on any atom is 0.280 e. The minimum atomic E-state index is -2.79. The number of carbonyl (C=O) groups excluding carboxylic acids is 2. The molecule has 33 heavy (non-hydrogen) atoms. The molecule has 0 aliphatic rings. The van der Waals surface area contributed by atoms with E-state index >= 15 is 0 Å². The van der Waals surface area contributed by atoms with Gasteiger partial charge in [0.1, 0.15) is 15.4 Å². The van der Waals surface area contributed by atoms with Gasteiger partial charge in [-0.1, -0.05) is 0 Å². The van der Waals surface area contributed by atoms with E-state index in [0.717, 1.165) is 21.1 Å². The van der Waals surface area contributed by atoms with Crippen LogP contribution in [0.2, 0.25) is 0 Å². The molecule has 4 aromatic rings. The molecule has 4 heterocycles. The van der Waals surface area contributed by atoms with Crippen LogP contribution in [0.3, 0.4) is 0 Å². The van der Waals surface area contributed by atoms with Gasteiger partial charge in [-0.05, 0) is 45.9 Å². The zero-order valence-corrected chi connectivity index (χ0v) is 20.0. The smallest absolute Gasteiger partial charge is 0.280 e. The molecule has 0 saturated heterocycles. The van der Waals surface area contributed by atoms with Gasteiger partial charge in [0.05, 0.1) is 16.9 Å². The molecule has 0 aromatic carbocycles. The van der Waals surface area contributed by atoms with E-state index in [1.807, 2.05) is 26.0 Å². The quantitative estimate of drug-likeness (QED) is 0.376. The third-order valence-corrected chi connectivity index (χ3v) is 7.41. The second-order valence-electron chi connectivity index (χ2n) is 7.47. The van der Waals surface area contributed by atoms with Crippen molar-refractivity contribution >= 4 is 50.4 Å². The standard InChI is InChI=1S/C22H21F2N5O2S2/c1-5-29-11(4)15(10(3)28-29)21(31)27-17-16-12(14-7-6-9(2)32-14)8-13(19(23)24)26-22(16)33-18(17)20(25)30/h6-8,19H,5H2,1-4H3,(H2,25,30)(H,27,31). The number of thiophene rings is 2. The van der Waals surface area contributed by atoms with Gasteiger partial charge in [-0.15, -0.1) is 22.7 Å². The van der Waals surface area contributed by atoms with Crippen LogP contribution in [0.5, 0.6) is 0 Å². The van der Waals surface area contributed by atoms with E-state index in [1.54, 1.807) is 18.5 Å². The summed E-state index contributed by atoms with van der Waals surface area (Å²) in [5.74, 6) is -1.24. The second-order valence-corrected chi connectivity index (χ2v) is 9.76. The minimum absolute atomic E-state index is 0.0463. The van der Waals surface area contributed by atoms with Gasteiger partial charge in [-0.2, -0.15) is 5.10 Å². The van der Waals surface area contributed by atoms with E-state index in [-0.39, 0.29) is 15.4 Å². The Labute approximate surface area is 196 Å². The van der Waals surface area contributed by atoms with Crippen molar-refractivity contribution in [3.05, 3.63) is 50.6 Å². The number of halogens is 2. The van der Waals surface area contributed by atoms with Gasteiger partial charge in [-0.3, -0.25) is 14.3 Å². The van der Waals surface area contributed by atoms with Gasteiger partial charge in [0, 0.05) is 32.9 Å².